The largest absolute Gasteiger partial charge is 0.421 e. The molecule has 1 saturated heterocycles. The van der Waals surface area contributed by atoms with E-state index in [2.05, 4.69) is 20.4 Å². The average molecular weight is 316 g/mol. The van der Waals surface area contributed by atoms with Crippen LogP contribution in [0.2, 0.25) is 0 Å². The third-order valence-corrected chi connectivity index (χ3v) is 3.74. The molecule has 0 unspecified atom stereocenters. The summed E-state index contributed by atoms with van der Waals surface area (Å²) >= 11 is 0. The number of rotatable bonds is 5. The predicted octanol–water partition coefficient (Wildman–Crippen LogP) is 1.11. The molecule has 0 radical (unpaired) electrons. The van der Waals surface area contributed by atoms with Crippen LogP contribution in [0, 0.1) is 6.92 Å². The summed E-state index contributed by atoms with van der Waals surface area (Å²) in [6.45, 7) is 6.60. The minimum atomic E-state index is -0.0773. The molecule has 7 nitrogen and oxygen atoms in total. The van der Waals surface area contributed by atoms with E-state index in [1.807, 2.05) is 12.1 Å². The highest BCUT2D eigenvalue weighted by Gasteiger charge is 2.11. The van der Waals surface area contributed by atoms with Crippen LogP contribution in [0.4, 0.5) is 0 Å². The zero-order chi connectivity index (χ0) is 16.1. The maximum Gasteiger partial charge on any atom is 0.251 e. The number of hydrogen-bond donors (Lipinski definition) is 1. The number of carbonyl (C=O) groups excluding carboxylic acids is 1. The van der Waals surface area contributed by atoms with Gasteiger partial charge in [0.15, 0.2) is 0 Å². The van der Waals surface area contributed by atoms with E-state index in [4.69, 9.17) is 9.15 Å². The molecular weight excluding hydrogens is 296 g/mol. The Morgan fingerprint density at radius 2 is 1.96 bits per heavy atom. The van der Waals surface area contributed by atoms with Crippen LogP contribution in [0.5, 0.6) is 0 Å². The van der Waals surface area contributed by atoms with E-state index in [-0.39, 0.29) is 5.91 Å². The monoisotopic (exact) mass is 316 g/mol. The molecule has 2 heterocycles. The second kappa shape index (κ2) is 7.34. The Bertz CT molecular complexity index is 648. The van der Waals surface area contributed by atoms with Gasteiger partial charge in [-0.1, -0.05) is 0 Å². The fourth-order valence-electron chi connectivity index (χ4n) is 2.43. The number of nitrogens with zero attached hydrogens (tertiary/aromatic N) is 3. The molecule has 3 rings (SSSR count). The summed E-state index contributed by atoms with van der Waals surface area (Å²) in [4.78, 5) is 14.4. The number of morpholine rings is 1. The number of ether oxygens (including phenoxy) is 1. The Kier molecular flexibility index (Phi) is 4.99. The molecule has 1 aromatic heterocycles. The summed E-state index contributed by atoms with van der Waals surface area (Å²) in [6.07, 6.45) is 0. The van der Waals surface area contributed by atoms with E-state index >= 15 is 0 Å². The second-order valence-corrected chi connectivity index (χ2v) is 5.41. The van der Waals surface area contributed by atoms with Gasteiger partial charge in [-0.15, -0.1) is 10.2 Å². The molecule has 1 amide bonds. The third-order valence-electron chi connectivity index (χ3n) is 3.74. The Hall–Kier alpha value is -2.25. The van der Waals surface area contributed by atoms with Gasteiger partial charge in [-0.3, -0.25) is 9.69 Å². The van der Waals surface area contributed by atoms with Crippen LogP contribution in [0.3, 0.4) is 0 Å². The Morgan fingerprint density at radius 1 is 1.22 bits per heavy atom. The van der Waals surface area contributed by atoms with Crippen molar-refractivity contribution in [2.24, 2.45) is 0 Å². The van der Waals surface area contributed by atoms with Crippen LogP contribution < -0.4 is 5.32 Å². The van der Waals surface area contributed by atoms with Crippen molar-refractivity contribution >= 4 is 5.91 Å². The molecule has 1 aliphatic rings. The van der Waals surface area contributed by atoms with Crippen LogP contribution >= 0.6 is 0 Å². The molecule has 0 aliphatic carbocycles. The SMILES string of the molecule is Cc1nnc(-c2ccc(C(=O)NCCN3CCOCC3)cc2)o1. The van der Waals surface area contributed by atoms with E-state index < -0.39 is 0 Å². The Labute approximate surface area is 134 Å². The van der Waals surface area contributed by atoms with Gasteiger partial charge in [-0.25, -0.2) is 0 Å². The smallest absolute Gasteiger partial charge is 0.251 e. The number of amides is 1. The van der Waals surface area contributed by atoms with Crippen molar-refractivity contribution in [3.8, 4) is 11.5 Å². The van der Waals surface area contributed by atoms with E-state index in [9.17, 15) is 4.79 Å². The van der Waals surface area contributed by atoms with Gasteiger partial charge in [0.05, 0.1) is 13.2 Å². The lowest BCUT2D eigenvalue weighted by molar-refractivity contribution is 0.0383. The molecule has 0 atom stereocenters. The quantitative estimate of drug-likeness (QED) is 0.890. The number of carbonyl (C=O) groups is 1. The average Bonchev–Trinajstić information content (AvgIpc) is 3.02. The molecule has 23 heavy (non-hydrogen) atoms. The number of hydrogen-bond acceptors (Lipinski definition) is 6. The molecule has 7 heteroatoms. The fraction of sp³-hybridized carbons (Fsp3) is 0.438. The Morgan fingerprint density at radius 3 is 2.61 bits per heavy atom. The molecule has 0 spiro atoms. The summed E-state index contributed by atoms with van der Waals surface area (Å²) < 4.78 is 10.7. The van der Waals surface area contributed by atoms with Gasteiger partial charge in [-0.2, -0.15) is 0 Å². The van der Waals surface area contributed by atoms with Gasteiger partial charge < -0.3 is 14.5 Å². The molecule has 0 saturated carbocycles. The highest BCUT2D eigenvalue weighted by molar-refractivity contribution is 5.94. The maximum atomic E-state index is 12.1. The number of aromatic nitrogens is 2. The summed E-state index contributed by atoms with van der Waals surface area (Å²) in [7, 11) is 0. The van der Waals surface area contributed by atoms with Gasteiger partial charge in [0.25, 0.3) is 5.91 Å². The zero-order valence-corrected chi connectivity index (χ0v) is 13.1. The zero-order valence-electron chi connectivity index (χ0n) is 13.1. The number of aryl methyl sites for hydroxylation is 1. The Balaban J connectivity index is 1.51. The number of benzene rings is 1. The minimum absolute atomic E-state index is 0.0773. The van der Waals surface area contributed by atoms with Crippen molar-refractivity contribution < 1.29 is 13.9 Å². The predicted molar refractivity (Wildman–Crippen MR) is 84.1 cm³/mol. The first kappa shape index (κ1) is 15.6. The molecule has 1 N–H and O–H groups in total. The lowest BCUT2D eigenvalue weighted by Gasteiger charge is -2.26. The molecule has 122 valence electrons. The topological polar surface area (TPSA) is 80.5 Å². The van der Waals surface area contributed by atoms with Gasteiger partial charge in [-0.05, 0) is 24.3 Å². The van der Waals surface area contributed by atoms with Gasteiger partial charge >= 0.3 is 0 Å². The summed E-state index contributed by atoms with van der Waals surface area (Å²) in [5, 5.41) is 10.7. The minimum Gasteiger partial charge on any atom is -0.421 e. The molecular formula is C16H20N4O3. The summed E-state index contributed by atoms with van der Waals surface area (Å²) in [6, 6.07) is 7.14. The van der Waals surface area contributed by atoms with Crippen molar-refractivity contribution in [3.63, 3.8) is 0 Å². The highest BCUT2D eigenvalue weighted by Crippen LogP contribution is 2.18. The van der Waals surface area contributed by atoms with Crippen LogP contribution in [-0.4, -0.2) is 60.4 Å². The second-order valence-electron chi connectivity index (χ2n) is 5.41. The van der Waals surface area contributed by atoms with E-state index in [1.54, 1.807) is 19.1 Å². The normalized spacial score (nSPS) is 15.5. The van der Waals surface area contributed by atoms with Gasteiger partial charge in [0.2, 0.25) is 11.8 Å². The summed E-state index contributed by atoms with van der Waals surface area (Å²) in [5.41, 5.74) is 1.42. The van der Waals surface area contributed by atoms with Gasteiger partial charge in [0.1, 0.15) is 0 Å². The molecule has 2 aromatic rings. The van der Waals surface area contributed by atoms with Crippen LogP contribution in [-0.2, 0) is 4.74 Å². The van der Waals surface area contributed by atoms with E-state index in [1.165, 1.54) is 0 Å². The van der Waals surface area contributed by atoms with Crippen molar-refractivity contribution in [1.29, 1.82) is 0 Å². The lowest BCUT2D eigenvalue weighted by Crippen LogP contribution is -2.41. The maximum absolute atomic E-state index is 12.1. The van der Waals surface area contributed by atoms with Crippen molar-refractivity contribution in [3.05, 3.63) is 35.7 Å². The first-order chi connectivity index (χ1) is 11.2. The van der Waals surface area contributed by atoms with Crippen molar-refractivity contribution in [2.75, 3.05) is 39.4 Å². The fourth-order valence-corrected chi connectivity index (χ4v) is 2.43. The third kappa shape index (κ3) is 4.14. The standard InChI is InChI=1S/C16H20N4O3/c1-12-18-19-16(23-12)14-4-2-13(3-5-14)15(21)17-6-7-20-8-10-22-11-9-20/h2-5H,6-11H2,1H3,(H,17,21). The first-order valence-corrected chi connectivity index (χ1v) is 7.71. The first-order valence-electron chi connectivity index (χ1n) is 7.71. The molecule has 1 aliphatic heterocycles. The lowest BCUT2D eigenvalue weighted by atomic mass is 10.1. The van der Waals surface area contributed by atoms with Crippen LogP contribution in [0.25, 0.3) is 11.5 Å². The molecule has 1 aromatic carbocycles. The molecule has 0 bridgehead atoms. The number of nitrogens with one attached hydrogen (secondary N) is 1. The summed E-state index contributed by atoms with van der Waals surface area (Å²) in [5.74, 6) is 0.901. The van der Waals surface area contributed by atoms with E-state index in [0.29, 0.717) is 23.9 Å². The van der Waals surface area contributed by atoms with Crippen LogP contribution in [0.1, 0.15) is 16.2 Å². The van der Waals surface area contributed by atoms with Crippen molar-refractivity contribution in [1.82, 2.24) is 20.4 Å². The molecule has 1 fully saturated rings. The highest BCUT2D eigenvalue weighted by atomic mass is 16.5. The van der Waals surface area contributed by atoms with Gasteiger partial charge in [0, 0.05) is 44.2 Å². The van der Waals surface area contributed by atoms with Crippen molar-refractivity contribution in [2.45, 2.75) is 6.92 Å². The van der Waals surface area contributed by atoms with E-state index in [0.717, 1.165) is 38.4 Å². The van der Waals surface area contributed by atoms with Crippen LogP contribution in [0.15, 0.2) is 28.7 Å².